The van der Waals surface area contributed by atoms with Crippen LogP contribution in [0.2, 0.25) is 0 Å². The number of ether oxygens (including phenoxy) is 1. The molecule has 2 N–H and O–H groups in total. The van der Waals surface area contributed by atoms with Crippen molar-refractivity contribution < 1.29 is 9.53 Å². The third-order valence-electron chi connectivity index (χ3n) is 5.88. The quantitative estimate of drug-likeness (QED) is 0.395. The van der Waals surface area contributed by atoms with E-state index in [4.69, 9.17) is 10.5 Å². The zero-order valence-electron chi connectivity index (χ0n) is 20.5. The normalized spacial score (nSPS) is 15.6. The van der Waals surface area contributed by atoms with E-state index in [2.05, 4.69) is 50.1 Å². The summed E-state index contributed by atoms with van der Waals surface area (Å²) in [6.45, 7) is 14.8. The number of hydrogen-bond donors (Lipinski definition) is 1. The Labute approximate surface area is 193 Å². The maximum atomic E-state index is 12.0. The smallest absolute Gasteiger partial charge is 0.159 e. The van der Waals surface area contributed by atoms with Crippen LogP contribution in [0.5, 0.6) is 0 Å². The van der Waals surface area contributed by atoms with Gasteiger partial charge in [0.25, 0.3) is 0 Å². The van der Waals surface area contributed by atoms with Gasteiger partial charge < -0.3 is 15.0 Å². The van der Waals surface area contributed by atoms with E-state index in [1.807, 2.05) is 19.1 Å². The summed E-state index contributed by atoms with van der Waals surface area (Å²) in [5.74, 6) is 0.689. The Balaban J connectivity index is 0.000000837. The lowest BCUT2D eigenvalue weighted by molar-refractivity contribution is 0.101. The van der Waals surface area contributed by atoms with E-state index in [0.717, 1.165) is 40.8 Å². The first kappa shape index (κ1) is 25.3. The molecule has 3 rings (SSSR count). The van der Waals surface area contributed by atoms with Gasteiger partial charge in [0.1, 0.15) is 5.76 Å². The number of allylic oxidation sites excluding steroid dienone is 5. The summed E-state index contributed by atoms with van der Waals surface area (Å²) < 4.78 is 7.69. The summed E-state index contributed by atoms with van der Waals surface area (Å²) in [5, 5.41) is 1.17. The van der Waals surface area contributed by atoms with Gasteiger partial charge in [-0.05, 0) is 43.5 Å². The molecule has 0 amide bonds. The molecule has 1 aliphatic heterocycles. The van der Waals surface area contributed by atoms with Crippen LogP contribution < -0.4 is 5.73 Å². The van der Waals surface area contributed by atoms with Crippen molar-refractivity contribution in [2.24, 2.45) is 5.73 Å². The molecule has 0 aliphatic carbocycles. The van der Waals surface area contributed by atoms with Crippen LogP contribution in [0.15, 0.2) is 60.0 Å². The monoisotopic (exact) mass is 434 g/mol. The van der Waals surface area contributed by atoms with Gasteiger partial charge in [0.05, 0.1) is 19.3 Å². The summed E-state index contributed by atoms with van der Waals surface area (Å²) >= 11 is 0. The van der Waals surface area contributed by atoms with Crippen molar-refractivity contribution in [2.75, 3.05) is 7.11 Å². The number of aromatic nitrogens is 1. The summed E-state index contributed by atoms with van der Waals surface area (Å²) in [6.07, 6.45) is 10.4. The zero-order valence-corrected chi connectivity index (χ0v) is 20.5. The molecule has 4 heteroatoms. The van der Waals surface area contributed by atoms with E-state index in [0.29, 0.717) is 17.9 Å². The lowest BCUT2D eigenvalue weighted by Crippen LogP contribution is -2.06. The first-order valence-corrected chi connectivity index (χ1v) is 11.6. The van der Waals surface area contributed by atoms with Crippen LogP contribution in [0.25, 0.3) is 16.5 Å². The van der Waals surface area contributed by atoms with Crippen molar-refractivity contribution in [1.29, 1.82) is 0 Å². The minimum absolute atomic E-state index is 0.0592. The van der Waals surface area contributed by atoms with Gasteiger partial charge in [0, 0.05) is 33.8 Å². The molecule has 1 aliphatic rings. The van der Waals surface area contributed by atoms with Crippen molar-refractivity contribution in [3.05, 3.63) is 76.9 Å². The fourth-order valence-electron chi connectivity index (χ4n) is 3.95. The van der Waals surface area contributed by atoms with Crippen LogP contribution in [0, 0.1) is 0 Å². The molecule has 32 heavy (non-hydrogen) atoms. The van der Waals surface area contributed by atoms with Gasteiger partial charge in [0.15, 0.2) is 5.78 Å². The Hall–Kier alpha value is -3.01. The topological polar surface area (TPSA) is 57.2 Å². The average Bonchev–Trinajstić information content (AvgIpc) is 2.99. The number of nitrogens with two attached hydrogens (primary N) is 1. The Morgan fingerprint density at radius 1 is 1.22 bits per heavy atom. The number of fused-ring (bicyclic) bond motifs is 3. The molecule has 0 fully saturated rings. The molecule has 0 atom stereocenters. The van der Waals surface area contributed by atoms with Gasteiger partial charge in [-0.2, -0.15) is 0 Å². The van der Waals surface area contributed by atoms with Crippen LogP contribution in [0.4, 0.5) is 0 Å². The Morgan fingerprint density at radius 2 is 1.91 bits per heavy atom. The first-order chi connectivity index (χ1) is 15.4. The predicted molar refractivity (Wildman–Crippen MR) is 137 cm³/mol. The minimum atomic E-state index is 0.0592. The number of benzene rings is 1. The highest BCUT2D eigenvalue weighted by atomic mass is 16.5. The fraction of sp³-hybridized carbons (Fsp3) is 0.393. The predicted octanol–water partition coefficient (Wildman–Crippen LogP) is 6.95. The second-order valence-electron chi connectivity index (χ2n) is 8.07. The van der Waals surface area contributed by atoms with Gasteiger partial charge >= 0.3 is 0 Å². The minimum Gasteiger partial charge on any atom is -0.497 e. The summed E-state index contributed by atoms with van der Waals surface area (Å²) in [5.41, 5.74) is 13.3. The fourth-order valence-corrected chi connectivity index (χ4v) is 3.95. The molecule has 0 radical (unpaired) electrons. The van der Waals surface area contributed by atoms with E-state index in [1.165, 1.54) is 23.8 Å². The molecular formula is C28H38N2O2. The molecule has 1 aromatic carbocycles. The number of carbonyl (C=O) groups excluding carboxylic acids is 1. The summed E-state index contributed by atoms with van der Waals surface area (Å²) in [6, 6.07) is 5.97. The molecule has 0 unspecified atom stereocenters. The number of methoxy groups -OCH3 is 1. The van der Waals surface area contributed by atoms with Crippen molar-refractivity contribution in [1.82, 2.24) is 4.57 Å². The van der Waals surface area contributed by atoms with E-state index in [9.17, 15) is 4.79 Å². The number of rotatable bonds is 6. The second kappa shape index (κ2) is 11.6. The average molecular weight is 435 g/mol. The Morgan fingerprint density at radius 3 is 2.41 bits per heavy atom. The van der Waals surface area contributed by atoms with E-state index in [-0.39, 0.29) is 5.78 Å². The molecule has 2 heterocycles. The van der Waals surface area contributed by atoms with Crippen LogP contribution >= 0.6 is 0 Å². The Bertz CT molecular complexity index is 1080. The highest BCUT2D eigenvalue weighted by Gasteiger charge is 2.25. The maximum absolute atomic E-state index is 12.0. The van der Waals surface area contributed by atoms with Gasteiger partial charge in [0.2, 0.25) is 0 Å². The van der Waals surface area contributed by atoms with Crippen molar-refractivity contribution in [3.63, 3.8) is 0 Å². The zero-order chi connectivity index (χ0) is 23.8. The molecular weight excluding hydrogens is 396 g/mol. The van der Waals surface area contributed by atoms with Crippen LogP contribution in [-0.4, -0.2) is 17.5 Å². The summed E-state index contributed by atoms with van der Waals surface area (Å²) in [7, 11) is 1.63. The largest absolute Gasteiger partial charge is 0.497 e. The third-order valence-corrected chi connectivity index (χ3v) is 5.88. The summed E-state index contributed by atoms with van der Waals surface area (Å²) in [4.78, 5) is 12.0. The molecule has 2 aromatic rings. The molecule has 0 saturated heterocycles. The number of aryl methyl sites for hydroxylation is 1. The molecule has 172 valence electrons. The third kappa shape index (κ3) is 5.07. The lowest BCUT2D eigenvalue weighted by Gasteiger charge is -2.13. The van der Waals surface area contributed by atoms with Crippen LogP contribution in [0.1, 0.15) is 75.5 Å². The number of hydrogen-bond acceptors (Lipinski definition) is 3. The number of Topliss-reactive ketones (excluding diaryl/α,β-unsaturated/α-hetero) is 1. The van der Waals surface area contributed by atoms with E-state index < -0.39 is 0 Å². The van der Waals surface area contributed by atoms with Gasteiger partial charge in [-0.3, -0.25) is 4.79 Å². The molecule has 0 spiro atoms. The molecule has 4 nitrogen and oxygen atoms in total. The number of nitrogens with zero attached hydrogens (tertiary/aromatic N) is 1. The van der Waals surface area contributed by atoms with E-state index in [1.54, 1.807) is 20.2 Å². The molecule has 0 saturated carbocycles. The van der Waals surface area contributed by atoms with Gasteiger partial charge in [-0.15, -0.1) is 0 Å². The number of unbranched alkanes of at least 4 members (excludes halogenated alkanes) is 1. The van der Waals surface area contributed by atoms with Crippen LogP contribution in [0.3, 0.4) is 0 Å². The second-order valence-corrected chi connectivity index (χ2v) is 8.07. The van der Waals surface area contributed by atoms with Gasteiger partial charge in [-0.1, -0.05) is 64.8 Å². The lowest BCUT2D eigenvalue weighted by atomic mass is 9.96. The van der Waals surface area contributed by atoms with Crippen molar-refractivity contribution in [3.8, 4) is 0 Å². The SMILES string of the molecule is C=C(OC)C1=CC(=C/C)/C(=C\N)c2c(CCC)c3ccc(C(C)=O)cc3n2C1.CCCC. The standard InChI is InChI=1S/C24H28N2O2.C4H10/c1-6-8-21-20-10-9-18(15(3)27)12-23(20)26-14-19(16(4)28-5)11-17(7-2)22(13-25)24(21)26;1-3-4-2/h7,9-13H,4,6,8,14,25H2,1-3,5H3;3-4H2,1-2H3/b17-7-,22-13+;. The van der Waals surface area contributed by atoms with Crippen molar-refractivity contribution >= 4 is 22.3 Å². The molecule has 1 aromatic heterocycles. The number of carbonyl (C=O) groups is 1. The van der Waals surface area contributed by atoms with Crippen LogP contribution in [-0.2, 0) is 17.7 Å². The highest BCUT2D eigenvalue weighted by Crippen LogP contribution is 2.39. The number of ketones is 1. The molecule has 0 bridgehead atoms. The maximum Gasteiger partial charge on any atom is 0.159 e. The van der Waals surface area contributed by atoms with Gasteiger partial charge in [-0.25, -0.2) is 0 Å². The first-order valence-electron chi connectivity index (χ1n) is 11.6. The highest BCUT2D eigenvalue weighted by molar-refractivity contribution is 6.01. The van der Waals surface area contributed by atoms with E-state index >= 15 is 0 Å². The van der Waals surface area contributed by atoms with Crippen molar-refractivity contribution in [2.45, 2.75) is 66.8 Å². The Kier molecular flexibility index (Phi) is 9.13.